The average Bonchev–Trinajstić information content (AvgIpc) is 4.15. The molecule has 394 valence electrons. The monoisotopic (exact) mass is 1060 g/mol. The second kappa shape index (κ2) is 24.3. The third-order valence-corrected chi connectivity index (χ3v) is 18.8. The van der Waals surface area contributed by atoms with Crippen molar-refractivity contribution in [2.24, 2.45) is 17.3 Å². The quantitative estimate of drug-likeness (QED) is 0.0403. The Kier molecular flexibility index (Phi) is 18.7. The summed E-state index contributed by atoms with van der Waals surface area (Å²) >= 11 is 1.43. The number of sulfonamides is 1. The number of nitrogens with zero attached hydrogens (tertiary/aromatic N) is 4. The second-order valence-electron chi connectivity index (χ2n) is 20.6. The molecule has 3 aromatic carbocycles. The van der Waals surface area contributed by atoms with Crippen molar-refractivity contribution in [1.29, 1.82) is 0 Å². The van der Waals surface area contributed by atoms with Crippen LogP contribution in [0.15, 0.2) is 98.6 Å². The van der Waals surface area contributed by atoms with Crippen LogP contribution in [0.3, 0.4) is 0 Å². The third kappa shape index (κ3) is 14.7. The number of sulfone groups is 1. The first-order valence-corrected chi connectivity index (χ1v) is 29.4. The van der Waals surface area contributed by atoms with Crippen LogP contribution in [0.2, 0.25) is 0 Å². The summed E-state index contributed by atoms with van der Waals surface area (Å²) in [5.74, 6) is 0.915. The van der Waals surface area contributed by atoms with Crippen LogP contribution in [-0.2, 0) is 29.4 Å². The Balaban J connectivity index is 0.987. The Labute approximate surface area is 428 Å². The smallest absolute Gasteiger partial charge is 0.380 e. The lowest BCUT2D eigenvalue weighted by atomic mass is 9.72. The Hall–Kier alpha value is -4.43. The van der Waals surface area contributed by atoms with Crippen molar-refractivity contribution in [1.82, 2.24) is 19.4 Å². The summed E-state index contributed by atoms with van der Waals surface area (Å²) in [6.45, 7) is 14.0. The fraction of sp³-hybridized carbons (Fsp3) is 0.566. The summed E-state index contributed by atoms with van der Waals surface area (Å²) in [5, 5.41) is 3.01. The van der Waals surface area contributed by atoms with Gasteiger partial charge in [-0.3, -0.25) is 19.4 Å². The molecule has 3 fully saturated rings. The molecule has 2 aliphatic carbocycles. The minimum absolute atomic E-state index is 0.00159. The van der Waals surface area contributed by atoms with Gasteiger partial charge in [-0.25, -0.2) is 21.6 Å². The van der Waals surface area contributed by atoms with Crippen LogP contribution in [0, 0.1) is 17.3 Å². The predicted molar refractivity (Wildman–Crippen MR) is 277 cm³/mol. The summed E-state index contributed by atoms with van der Waals surface area (Å²) in [6, 6.07) is 17.6. The van der Waals surface area contributed by atoms with Gasteiger partial charge in [-0.05, 0) is 117 Å². The third-order valence-electron chi connectivity index (χ3n) is 14.8. The van der Waals surface area contributed by atoms with Crippen molar-refractivity contribution < 1.29 is 44.4 Å². The van der Waals surface area contributed by atoms with E-state index >= 15 is 0 Å². The SMILES string of the molecule is CCC1CC1C1=C(CN2CCN(c3ccc(C(=O)NS(=O)(=O)c4ccc(NC(CCN5CCN(C(=O)CCCCCC=O)CC5)CSc5ccccc5)c(S(=O)(=O)C(F)(F)F)c4)cc3)CC2)CCC(C)(C)C1. The lowest BCUT2D eigenvalue weighted by Crippen LogP contribution is -2.49. The van der Waals surface area contributed by atoms with Crippen molar-refractivity contribution >= 4 is 61.1 Å². The summed E-state index contributed by atoms with van der Waals surface area (Å²) in [5.41, 5.74) is -1.66. The largest absolute Gasteiger partial charge is 0.501 e. The van der Waals surface area contributed by atoms with Crippen molar-refractivity contribution in [3.8, 4) is 0 Å². The molecule has 0 bridgehead atoms. The van der Waals surface area contributed by atoms with E-state index in [1.54, 1.807) is 23.3 Å². The fourth-order valence-corrected chi connectivity index (χ4v) is 13.3. The summed E-state index contributed by atoms with van der Waals surface area (Å²) in [7, 11) is -11.0. The van der Waals surface area contributed by atoms with Gasteiger partial charge in [-0.15, -0.1) is 11.8 Å². The average molecular weight is 1060 g/mol. The number of unbranched alkanes of at least 4 members (excludes halogenated alkanes) is 3. The Bertz CT molecular complexity index is 2600. The number of hydrogen-bond acceptors (Lipinski definition) is 12. The lowest BCUT2D eigenvalue weighted by Gasteiger charge is -2.39. The van der Waals surface area contributed by atoms with Crippen LogP contribution in [0.4, 0.5) is 24.5 Å². The molecule has 7 rings (SSSR count). The number of carbonyl (C=O) groups is 3. The maximum absolute atomic E-state index is 14.3. The van der Waals surface area contributed by atoms with Gasteiger partial charge in [-0.2, -0.15) is 13.2 Å². The highest BCUT2D eigenvalue weighted by Crippen LogP contribution is 2.53. The van der Waals surface area contributed by atoms with E-state index < -0.39 is 52.8 Å². The molecule has 2 aliphatic heterocycles. The molecule has 19 heteroatoms. The number of piperazine rings is 2. The Morgan fingerprint density at radius 1 is 0.875 bits per heavy atom. The normalized spacial score (nSPS) is 20.5. The minimum Gasteiger partial charge on any atom is -0.380 e. The van der Waals surface area contributed by atoms with Gasteiger partial charge < -0.3 is 19.9 Å². The number of carbonyl (C=O) groups excluding carboxylic acids is 3. The van der Waals surface area contributed by atoms with Crippen LogP contribution < -0.4 is 14.9 Å². The molecule has 1 saturated carbocycles. The van der Waals surface area contributed by atoms with E-state index in [9.17, 15) is 44.4 Å². The molecule has 0 aromatic heterocycles. The first-order chi connectivity index (χ1) is 34.3. The number of aldehydes is 1. The van der Waals surface area contributed by atoms with E-state index in [0.717, 1.165) is 92.8 Å². The van der Waals surface area contributed by atoms with Crippen LogP contribution in [0.25, 0.3) is 0 Å². The van der Waals surface area contributed by atoms with E-state index in [1.165, 1.54) is 49.6 Å². The molecule has 2 amide bonds. The maximum atomic E-state index is 14.3. The zero-order chi connectivity index (χ0) is 51.7. The molecule has 2 N–H and O–H groups in total. The first-order valence-electron chi connectivity index (χ1n) is 25.5. The van der Waals surface area contributed by atoms with Gasteiger partial charge in [-0.1, -0.05) is 63.0 Å². The zero-order valence-electron chi connectivity index (χ0n) is 41.8. The maximum Gasteiger partial charge on any atom is 0.501 e. The van der Waals surface area contributed by atoms with E-state index in [2.05, 4.69) is 40.8 Å². The number of allylic oxidation sites excluding steroid dienone is 1. The van der Waals surface area contributed by atoms with Crippen molar-refractivity contribution in [2.75, 3.05) is 81.4 Å². The molecule has 0 spiro atoms. The number of hydrogen-bond donors (Lipinski definition) is 2. The van der Waals surface area contributed by atoms with Gasteiger partial charge in [0.05, 0.1) is 10.6 Å². The number of amides is 2. The predicted octanol–water partition coefficient (Wildman–Crippen LogP) is 9.03. The highest BCUT2D eigenvalue weighted by molar-refractivity contribution is 7.99. The Morgan fingerprint density at radius 2 is 1.57 bits per heavy atom. The van der Waals surface area contributed by atoms with Crippen LogP contribution in [0.5, 0.6) is 0 Å². The molecule has 3 aromatic rings. The number of alkyl halides is 3. The van der Waals surface area contributed by atoms with Crippen molar-refractivity contribution in [3.05, 3.63) is 89.5 Å². The fourth-order valence-electron chi connectivity index (χ4n) is 10.2. The standard InChI is InChI=1S/C53H71F3N6O7S3/c1-4-39-34-46(39)47-36-52(2,3)23-21-41(47)37-60-27-29-61(30-28-60)43-17-15-40(16-18-43)51(65)58-72(68,69)45-19-20-48(49(35-45)71(66,67)53(54,55)56)57-42(38-70-44-12-8-7-9-13-44)22-24-59-25-31-62(32-26-59)50(64)14-10-5-6-11-33-63/h7-9,12-13,15-20,33,35,39,42,46,57H,4-6,10-11,14,21-32,34,36-38H2,1-3H3,(H,58,65). The van der Waals surface area contributed by atoms with E-state index in [1.807, 2.05) is 40.0 Å². The van der Waals surface area contributed by atoms with Gasteiger partial charge in [0.25, 0.3) is 25.8 Å². The second-order valence-corrected chi connectivity index (χ2v) is 25.3. The molecule has 72 heavy (non-hydrogen) atoms. The number of thioether (sulfide) groups is 1. The van der Waals surface area contributed by atoms with Crippen molar-refractivity contribution in [3.63, 3.8) is 0 Å². The summed E-state index contributed by atoms with van der Waals surface area (Å²) in [6.07, 6.45) is 10.5. The first kappa shape index (κ1) is 55.3. The van der Waals surface area contributed by atoms with Crippen molar-refractivity contribution in [2.45, 2.75) is 118 Å². The lowest BCUT2D eigenvalue weighted by molar-refractivity contribution is -0.133. The van der Waals surface area contributed by atoms with Crippen LogP contribution in [-0.4, -0.2) is 132 Å². The molecule has 2 heterocycles. The molecule has 3 unspecified atom stereocenters. The number of nitrogens with one attached hydrogen (secondary N) is 2. The highest BCUT2D eigenvalue weighted by atomic mass is 32.2. The van der Waals surface area contributed by atoms with E-state index in [-0.39, 0.29) is 11.5 Å². The molecule has 4 aliphatic rings. The molecule has 3 atom stereocenters. The molecular weight excluding hydrogens is 986 g/mol. The van der Waals surface area contributed by atoms with Gasteiger partial charge >= 0.3 is 5.51 Å². The highest BCUT2D eigenvalue weighted by Gasteiger charge is 2.49. The summed E-state index contributed by atoms with van der Waals surface area (Å²) < 4.78 is 98.7. The molecule has 0 radical (unpaired) electrons. The molecular formula is C53H71F3N6O7S3. The van der Waals surface area contributed by atoms with Crippen LogP contribution >= 0.6 is 11.8 Å². The Morgan fingerprint density at radius 3 is 2.22 bits per heavy atom. The zero-order valence-corrected chi connectivity index (χ0v) is 44.2. The number of halogens is 3. The van der Waals surface area contributed by atoms with E-state index in [0.29, 0.717) is 75.6 Å². The van der Waals surface area contributed by atoms with Gasteiger partial charge in [0.2, 0.25) is 5.91 Å². The van der Waals surface area contributed by atoms with Crippen LogP contribution in [0.1, 0.15) is 102 Å². The number of rotatable bonds is 23. The van der Waals surface area contributed by atoms with Gasteiger partial charge in [0, 0.05) is 106 Å². The van der Waals surface area contributed by atoms with Gasteiger partial charge in [0.15, 0.2) is 0 Å². The molecule has 13 nitrogen and oxygen atoms in total. The van der Waals surface area contributed by atoms with E-state index in [4.69, 9.17) is 0 Å². The topological polar surface area (TPSA) is 157 Å². The number of benzene rings is 3. The number of anilines is 2. The summed E-state index contributed by atoms with van der Waals surface area (Å²) in [4.78, 5) is 44.3. The minimum atomic E-state index is -6.10. The molecule has 2 saturated heterocycles. The van der Waals surface area contributed by atoms with Gasteiger partial charge in [0.1, 0.15) is 11.2 Å².